The molecule has 0 unspecified atom stereocenters. The first kappa shape index (κ1) is 23.2. The second-order valence-electron chi connectivity index (χ2n) is 7.30. The molecule has 0 aliphatic rings. The Morgan fingerprint density at radius 3 is 2.18 bits per heavy atom. The van der Waals surface area contributed by atoms with Gasteiger partial charge in [0.1, 0.15) is 17.1 Å². The zero-order valence-corrected chi connectivity index (χ0v) is 17.8. The van der Waals surface area contributed by atoms with Gasteiger partial charge in [-0.25, -0.2) is 0 Å². The minimum Gasteiger partial charge on any atom is -0.456 e. The number of aryl methyl sites for hydroxylation is 2. The fourth-order valence-corrected chi connectivity index (χ4v) is 3.28. The second-order valence-corrected chi connectivity index (χ2v) is 7.30. The summed E-state index contributed by atoms with van der Waals surface area (Å²) < 4.78 is 47.0. The lowest BCUT2D eigenvalue weighted by molar-refractivity contribution is -0.138. The topological polar surface area (TPSA) is 94.9 Å². The van der Waals surface area contributed by atoms with Crippen LogP contribution in [0, 0.1) is 36.5 Å². The molecule has 0 aromatic heterocycles. The van der Waals surface area contributed by atoms with Crippen molar-refractivity contribution in [2.75, 3.05) is 11.1 Å². The zero-order chi connectivity index (χ0) is 24.2. The molecule has 0 saturated heterocycles. The van der Waals surface area contributed by atoms with Crippen LogP contribution in [0.15, 0.2) is 54.6 Å². The van der Waals surface area contributed by atoms with Gasteiger partial charge >= 0.3 is 6.18 Å². The number of benzene rings is 3. The summed E-state index contributed by atoms with van der Waals surface area (Å²) in [5, 5.41) is 20.6. The maximum Gasteiger partial charge on any atom is 0.420 e. The number of nitrogens with zero attached hydrogens (tertiary/aromatic N) is 2. The van der Waals surface area contributed by atoms with Gasteiger partial charge in [0.15, 0.2) is 0 Å². The summed E-state index contributed by atoms with van der Waals surface area (Å²) >= 11 is 0. The van der Waals surface area contributed by atoms with Crippen LogP contribution in [0.3, 0.4) is 0 Å². The van der Waals surface area contributed by atoms with Crippen molar-refractivity contribution >= 4 is 23.1 Å². The van der Waals surface area contributed by atoms with Gasteiger partial charge in [-0.15, -0.1) is 0 Å². The molecule has 3 aromatic carbocycles. The smallest absolute Gasteiger partial charge is 0.420 e. The Labute approximate surface area is 189 Å². The van der Waals surface area contributed by atoms with Gasteiger partial charge in [0.05, 0.1) is 29.1 Å². The molecule has 0 atom stereocenters. The van der Waals surface area contributed by atoms with Crippen molar-refractivity contribution in [1.82, 2.24) is 0 Å². The Morgan fingerprint density at radius 2 is 1.64 bits per heavy atom. The van der Waals surface area contributed by atoms with Crippen LogP contribution in [0.2, 0.25) is 0 Å². The van der Waals surface area contributed by atoms with E-state index in [-0.39, 0.29) is 17.1 Å². The molecule has 0 spiro atoms. The largest absolute Gasteiger partial charge is 0.456 e. The molecule has 166 valence electrons. The fourth-order valence-electron chi connectivity index (χ4n) is 3.28. The molecule has 3 rings (SSSR count). The van der Waals surface area contributed by atoms with Crippen LogP contribution in [0.1, 0.15) is 27.8 Å². The van der Waals surface area contributed by atoms with Crippen LogP contribution in [-0.2, 0) is 6.18 Å². The van der Waals surface area contributed by atoms with Crippen molar-refractivity contribution in [3.8, 4) is 23.6 Å². The molecule has 0 radical (unpaired) electrons. The molecule has 0 saturated carbocycles. The van der Waals surface area contributed by atoms with E-state index in [4.69, 9.17) is 21.0 Å². The van der Waals surface area contributed by atoms with Gasteiger partial charge in [0.2, 0.25) is 0 Å². The lowest BCUT2D eigenvalue weighted by Crippen LogP contribution is -2.10. The molecular weight excluding hydrogens is 429 g/mol. The molecule has 0 fully saturated rings. The standard InChI is InChI=1S/C25H19F3N4O/c1-15-10-18(4-3-9-29)11-16(2)24(15)33-23-13-22(21(31)12-20(23)25(26,27)28)32-19-7-5-17(14-30)6-8-19/h3-8,10-13,32H,31H2,1-2H3/b4-3+. The maximum absolute atomic E-state index is 13.8. The summed E-state index contributed by atoms with van der Waals surface area (Å²) in [4.78, 5) is 0. The predicted octanol–water partition coefficient (Wildman–Crippen LogP) is 6.85. The van der Waals surface area contributed by atoms with Gasteiger partial charge in [-0.2, -0.15) is 23.7 Å². The van der Waals surface area contributed by atoms with Crippen molar-refractivity contribution in [2.24, 2.45) is 0 Å². The van der Waals surface area contributed by atoms with Crippen LogP contribution in [-0.4, -0.2) is 0 Å². The number of allylic oxidation sites excluding steroid dienone is 1. The van der Waals surface area contributed by atoms with Crippen LogP contribution in [0.4, 0.5) is 30.2 Å². The van der Waals surface area contributed by atoms with E-state index in [1.807, 2.05) is 12.1 Å². The van der Waals surface area contributed by atoms with E-state index in [1.54, 1.807) is 56.3 Å². The predicted molar refractivity (Wildman–Crippen MR) is 121 cm³/mol. The highest BCUT2D eigenvalue weighted by Gasteiger charge is 2.36. The minimum atomic E-state index is -4.69. The Hall–Kier alpha value is -4.43. The number of rotatable bonds is 5. The normalized spacial score (nSPS) is 11.1. The lowest BCUT2D eigenvalue weighted by Gasteiger charge is -2.20. The van der Waals surface area contributed by atoms with E-state index in [2.05, 4.69) is 5.32 Å². The number of nitrogen functional groups attached to an aromatic ring is 1. The number of nitrogens with two attached hydrogens (primary N) is 1. The van der Waals surface area contributed by atoms with Crippen molar-refractivity contribution in [3.63, 3.8) is 0 Å². The third kappa shape index (κ3) is 5.44. The Balaban J connectivity index is 2.04. The number of ether oxygens (including phenoxy) is 1. The third-order valence-corrected chi connectivity index (χ3v) is 4.80. The Kier molecular flexibility index (Phi) is 6.60. The van der Waals surface area contributed by atoms with Gasteiger partial charge in [0.25, 0.3) is 0 Å². The SMILES string of the molecule is Cc1cc(/C=C/C#N)cc(C)c1Oc1cc(Nc2ccc(C#N)cc2)c(N)cc1C(F)(F)F. The molecule has 0 aliphatic carbocycles. The van der Waals surface area contributed by atoms with Gasteiger partial charge in [-0.3, -0.25) is 0 Å². The third-order valence-electron chi connectivity index (χ3n) is 4.80. The highest BCUT2D eigenvalue weighted by molar-refractivity contribution is 5.76. The monoisotopic (exact) mass is 448 g/mol. The first-order valence-corrected chi connectivity index (χ1v) is 9.75. The highest BCUT2D eigenvalue weighted by atomic mass is 19.4. The minimum absolute atomic E-state index is 0.107. The summed E-state index contributed by atoms with van der Waals surface area (Å²) in [6.45, 7) is 3.43. The summed E-state index contributed by atoms with van der Waals surface area (Å²) in [6.07, 6.45) is -1.76. The zero-order valence-electron chi connectivity index (χ0n) is 17.8. The highest BCUT2D eigenvalue weighted by Crippen LogP contribution is 2.43. The van der Waals surface area contributed by atoms with Crippen molar-refractivity contribution < 1.29 is 17.9 Å². The number of nitrogens with one attached hydrogen (secondary N) is 1. The number of hydrogen-bond acceptors (Lipinski definition) is 5. The molecule has 33 heavy (non-hydrogen) atoms. The van der Waals surface area contributed by atoms with E-state index in [0.717, 1.165) is 11.6 Å². The number of hydrogen-bond donors (Lipinski definition) is 2. The average molecular weight is 448 g/mol. The fraction of sp³-hybridized carbons (Fsp3) is 0.120. The molecule has 0 aliphatic heterocycles. The summed E-state index contributed by atoms with van der Waals surface area (Å²) in [6, 6.07) is 15.8. The molecule has 0 amide bonds. The number of halogens is 3. The van der Waals surface area contributed by atoms with E-state index in [9.17, 15) is 13.2 Å². The molecule has 5 nitrogen and oxygen atoms in total. The quantitative estimate of drug-likeness (QED) is 0.329. The summed E-state index contributed by atoms with van der Waals surface area (Å²) in [5.41, 5.74) is 7.97. The van der Waals surface area contributed by atoms with Crippen molar-refractivity contribution in [3.05, 3.63) is 82.4 Å². The molecule has 8 heteroatoms. The van der Waals surface area contributed by atoms with E-state index in [0.29, 0.717) is 22.4 Å². The average Bonchev–Trinajstić information content (AvgIpc) is 2.76. The second kappa shape index (κ2) is 9.37. The van der Waals surface area contributed by atoms with Crippen LogP contribution in [0.25, 0.3) is 6.08 Å². The van der Waals surface area contributed by atoms with Gasteiger partial charge < -0.3 is 15.8 Å². The van der Waals surface area contributed by atoms with Crippen molar-refractivity contribution in [2.45, 2.75) is 20.0 Å². The summed E-state index contributed by atoms with van der Waals surface area (Å²) in [5.74, 6) is -0.122. The molecule has 0 bridgehead atoms. The molecule has 3 aromatic rings. The Morgan fingerprint density at radius 1 is 1.00 bits per heavy atom. The number of anilines is 3. The summed E-state index contributed by atoms with van der Waals surface area (Å²) in [7, 11) is 0. The van der Waals surface area contributed by atoms with Gasteiger partial charge in [0, 0.05) is 17.8 Å². The van der Waals surface area contributed by atoms with E-state index >= 15 is 0 Å². The van der Waals surface area contributed by atoms with E-state index < -0.39 is 17.5 Å². The molecular formula is C25H19F3N4O. The molecule has 3 N–H and O–H groups in total. The molecule has 0 heterocycles. The van der Waals surface area contributed by atoms with Crippen molar-refractivity contribution in [1.29, 1.82) is 10.5 Å². The Bertz CT molecular complexity index is 1270. The first-order valence-electron chi connectivity index (χ1n) is 9.75. The van der Waals surface area contributed by atoms with Crippen LogP contribution in [0.5, 0.6) is 11.5 Å². The van der Waals surface area contributed by atoms with Gasteiger partial charge in [-0.1, -0.05) is 0 Å². The van der Waals surface area contributed by atoms with Gasteiger partial charge in [-0.05, 0) is 79.1 Å². The van der Waals surface area contributed by atoms with Crippen LogP contribution < -0.4 is 15.8 Å². The number of nitriles is 2. The maximum atomic E-state index is 13.8. The van der Waals surface area contributed by atoms with Crippen LogP contribution >= 0.6 is 0 Å². The first-order chi connectivity index (χ1) is 15.6. The van der Waals surface area contributed by atoms with E-state index in [1.165, 1.54) is 12.1 Å². The lowest BCUT2D eigenvalue weighted by atomic mass is 10.0. The number of alkyl halides is 3.